The van der Waals surface area contributed by atoms with Gasteiger partial charge in [0, 0.05) is 29.6 Å². The van der Waals surface area contributed by atoms with Crippen LogP contribution in [-0.4, -0.2) is 31.4 Å². The van der Waals surface area contributed by atoms with Crippen molar-refractivity contribution in [3.05, 3.63) is 116 Å². The molecule has 35 heavy (non-hydrogen) atoms. The zero-order valence-corrected chi connectivity index (χ0v) is 18.3. The molecule has 0 aliphatic carbocycles. The molecule has 0 radical (unpaired) electrons. The van der Waals surface area contributed by atoms with Crippen molar-refractivity contribution < 1.29 is 9.72 Å². The number of carbonyl (C=O) groups excluding carboxylic acids is 1. The minimum atomic E-state index is -0.701. The van der Waals surface area contributed by atoms with Gasteiger partial charge in [-0.1, -0.05) is 18.2 Å². The van der Waals surface area contributed by atoms with Gasteiger partial charge in [-0.25, -0.2) is 5.43 Å². The summed E-state index contributed by atoms with van der Waals surface area (Å²) in [6.45, 7) is 1.47. The van der Waals surface area contributed by atoms with Gasteiger partial charge in [0.1, 0.15) is 11.6 Å². The van der Waals surface area contributed by atoms with Gasteiger partial charge in [-0.05, 0) is 43.3 Å². The normalized spacial score (nSPS) is 10.7. The number of nitriles is 1. The summed E-state index contributed by atoms with van der Waals surface area (Å²) < 4.78 is 2.73. The highest BCUT2D eigenvalue weighted by Crippen LogP contribution is 2.17. The number of hydrogen-bond acceptors (Lipinski definition) is 7. The molecule has 0 atom stereocenters. The van der Waals surface area contributed by atoms with Gasteiger partial charge in [-0.2, -0.15) is 20.1 Å². The lowest BCUT2D eigenvalue weighted by atomic mass is 10.1. The molecule has 0 saturated heterocycles. The zero-order chi connectivity index (χ0) is 24.9. The fourth-order valence-corrected chi connectivity index (χ4v) is 3.38. The number of non-ortho nitro benzene ring substituents is 1. The van der Waals surface area contributed by atoms with Gasteiger partial charge in [-0.15, -0.1) is 0 Å². The number of benzene rings is 2. The summed E-state index contributed by atoms with van der Waals surface area (Å²) in [4.78, 5) is 35.9. The Morgan fingerprint density at radius 1 is 1.11 bits per heavy atom. The van der Waals surface area contributed by atoms with Gasteiger partial charge in [0.25, 0.3) is 17.2 Å². The highest BCUT2D eigenvalue weighted by molar-refractivity contribution is 5.94. The number of nitrogens with zero attached hydrogens (tertiary/aromatic N) is 6. The summed E-state index contributed by atoms with van der Waals surface area (Å²) in [5, 5.41) is 28.5. The zero-order valence-electron chi connectivity index (χ0n) is 18.3. The van der Waals surface area contributed by atoms with Crippen LogP contribution in [0.3, 0.4) is 0 Å². The average Bonchev–Trinajstić information content (AvgIpc) is 3.33. The first-order valence-corrected chi connectivity index (χ1v) is 10.3. The molecule has 0 unspecified atom stereocenters. The lowest BCUT2D eigenvalue weighted by molar-refractivity contribution is -0.384. The van der Waals surface area contributed by atoms with Crippen molar-refractivity contribution >= 4 is 17.8 Å². The van der Waals surface area contributed by atoms with E-state index in [0.717, 1.165) is 4.68 Å². The van der Waals surface area contributed by atoms with Gasteiger partial charge >= 0.3 is 0 Å². The quantitative estimate of drug-likeness (QED) is 0.262. The average molecular weight is 467 g/mol. The molecule has 4 rings (SSSR count). The van der Waals surface area contributed by atoms with E-state index in [0.29, 0.717) is 17.1 Å². The minimum Gasteiger partial charge on any atom is -0.316 e. The van der Waals surface area contributed by atoms with Crippen molar-refractivity contribution in [1.29, 1.82) is 5.26 Å². The second-order valence-corrected chi connectivity index (χ2v) is 7.29. The highest BCUT2D eigenvalue weighted by Gasteiger charge is 2.20. The van der Waals surface area contributed by atoms with Crippen LogP contribution in [0.1, 0.15) is 27.3 Å². The number of aromatic nitrogens is 3. The summed E-state index contributed by atoms with van der Waals surface area (Å²) >= 11 is 0. The molecule has 0 saturated carbocycles. The standard InChI is InChI=1S/C24H17N7O4/c1-16-21(14-25)24(33)30(18-6-3-2-4-7-18)28-22(16)23(32)27-26-15-20-8-5-13-29(20)17-9-11-19(12-10-17)31(34)35/h2-13,15H,1H3,(H,27,32)/b26-15-. The fourth-order valence-electron chi connectivity index (χ4n) is 3.38. The molecular weight excluding hydrogens is 450 g/mol. The van der Waals surface area contributed by atoms with E-state index in [9.17, 15) is 25.0 Å². The Labute approximate surface area is 198 Å². The van der Waals surface area contributed by atoms with E-state index in [1.165, 1.54) is 25.3 Å². The van der Waals surface area contributed by atoms with Crippen LogP contribution in [0.5, 0.6) is 0 Å². The summed E-state index contributed by atoms with van der Waals surface area (Å²) in [5.41, 5.74) is 3.22. The van der Waals surface area contributed by atoms with Gasteiger partial charge in [0.05, 0.1) is 22.5 Å². The Balaban J connectivity index is 1.60. The topological polar surface area (TPSA) is 148 Å². The number of nitrogens with one attached hydrogen (secondary N) is 1. The molecule has 0 aliphatic rings. The molecule has 172 valence electrons. The third kappa shape index (κ3) is 4.57. The first-order valence-electron chi connectivity index (χ1n) is 10.3. The van der Waals surface area contributed by atoms with Crippen molar-refractivity contribution in [3.8, 4) is 17.4 Å². The molecule has 0 fully saturated rings. The Bertz CT molecular complexity index is 1550. The van der Waals surface area contributed by atoms with Crippen LogP contribution < -0.4 is 11.0 Å². The third-order valence-electron chi connectivity index (χ3n) is 5.15. The highest BCUT2D eigenvalue weighted by atomic mass is 16.6. The van der Waals surface area contributed by atoms with Gasteiger partial charge in [0.2, 0.25) is 0 Å². The molecule has 1 N–H and O–H groups in total. The van der Waals surface area contributed by atoms with Crippen LogP contribution in [-0.2, 0) is 0 Å². The Hall–Kier alpha value is -5.37. The SMILES string of the molecule is Cc1c(C(=O)N/N=C\c2cccn2-c2ccc([N+](=O)[O-])cc2)nn(-c2ccccc2)c(=O)c1C#N. The lowest BCUT2D eigenvalue weighted by Crippen LogP contribution is -2.31. The number of rotatable bonds is 6. The van der Waals surface area contributed by atoms with Crippen molar-refractivity contribution in [2.24, 2.45) is 5.10 Å². The first kappa shape index (κ1) is 22.8. The molecule has 0 aliphatic heterocycles. The van der Waals surface area contributed by atoms with E-state index in [1.54, 1.807) is 65.4 Å². The van der Waals surface area contributed by atoms with Crippen LogP contribution in [0.25, 0.3) is 11.4 Å². The van der Waals surface area contributed by atoms with E-state index in [2.05, 4.69) is 15.6 Å². The van der Waals surface area contributed by atoms with E-state index < -0.39 is 16.4 Å². The molecule has 1 amide bonds. The smallest absolute Gasteiger partial charge is 0.292 e. The Morgan fingerprint density at radius 3 is 2.49 bits per heavy atom. The second kappa shape index (κ2) is 9.63. The number of para-hydroxylation sites is 1. The number of hydrogen-bond donors (Lipinski definition) is 1. The van der Waals surface area contributed by atoms with Crippen LogP contribution >= 0.6 is 0 Å². The number of nitro benzene ring substituents is 1. The van der Waals surface area contributed by atoms with E-state index in [-0.39, 0.29) is 22.5 Å². The predicted octanol–water partition coefficient (Wildman–Crippen LogP) is 2.88. The lowest BCUT2D eigenvalue weighted by Gasteiger charge is -2.10. The number of amides is 1. The third-order valence-corrected chi connectivity index (χ3v) is 5.15. The van der Waals surface area contributed by atoms with Crippen LogP contribution in [0.2, 0.25) is 0 Å². The van der Waals surface area contributed by atoms with Gasteiger partial charge in [0.15, 0.2) is 5.69 Å². The van der Waals surface area contributed by atoms with Crippen LogP contribution in [0, 0.1) is 28.4 Å². The fraction of sp³-hybridized carbons (Fsp3) is 0.0417. The van der Waals surface area contributed by atoms with Crippen molar-refractivity contribution in [1.82, 2.24) is 19.8 Å². The molecule has 2 heterocycles. The molecule has 2 aromatic carbocycles. The summed E-state index contributed by atoms with van der Waals surface area (Å²) in [7, 11) is 0. The second-order valence-electron chi connectivity index (χ2n) is 7.29. The van der Waals surface area contributed by atoms with Crippen LogP contribution in [0.4, 0.5) is 5.69 Å². The van der Waals surface area contributed by atoms with E-state index in [1.807, 2.05) is 6.07 Å². The largest absolute Gasteiger partial charge is 0.316 e. The number of nitro groups is 1. The first-order chi connectivity index (χ1) is 16.9. The summed E-state index contributed by atoms with van der Waals surface area (Å²) in [6, 6.07) is 19.8. The molecule has 11 heteroatoms. The summed E-state index contributed by atoms with van der Waals surface area (Å²) in [6.07, 6.45) is 3.14. The molecule has 0 bridgehead atoms. The summed E-state index contributed by atoms with van der Waals surface area (Å²) in [5.74, 6) is -0.701. The predicted molar refractivity (Wildman–Crippen MR) is 127 cm³/mol. The Morgan fingerprint density at radius 2 is 1.83 bits per heavy atom. The molecular formula is C24H17N7O4. The van der Waals surface area contributed by atoms with E-state index >= 15 is 0 Å². The minimum absolute atomic E-state index is 0.0279. The molecule has 0 spiro atoms. The maximum Gasteiger partial charge on any atom is 0.292 e. The van der Waals surface area contributed by atoms with Crippen molar-refractivity contribution in [3.63, 3.8) is 0 Å². The number of carbonyl (C=O) groups is 1. The van der Waals surface area contributed by atoms with Crippen LogP contribution in [0.15, 0.2) is 82.8 Å². The molecule has 4 aromatic rings. The van der Waals surface area contributed by atoms with Crippen molar-refractivity contribution in [2.45, 2.75) is 6.92 Å². The Kier molecular flexibility index (Phi) is 6.28. The van der Waals surface area contributed by atoms with Crippen molar-refractivity contribution in [2.75, 3.05) is 0 Å². The van der Waals surface area contributed by atoms with Gasteiger partial charge < -0.3 is 4.57 Å². The maximum absolute atomic E-state index is 12.8. The number of hydrazone groups is 1. The molecule has 2 aromatic heterocycles. The monoisotopic (exact) mass is 467 g/mol. The van der Waals surface area contributed by atoms with Gasteiger partial charge in [-0.3, -0.25) is 19.7 Å². The maximum atomic E-state index is 12.8. The molecule has 11 nitrogen and oxygen atoms in total. The van der Waals surface area contributed by atoms with E-state index in [4.69, 9.17) is 0 Å².